The standard InChI is InChI=1S/C48H48F2N10O5/c1-26-19-31(20-27(2)40(26)49)60-42(59-17-16-58(46(59)63)37-10-9-35-32(41(37)50)23-51-55(35)6)38-28(3)57(15-11-34(38)53-60)43(61)33-25-56-24-30(21-29-12-18-64-47(4,5)22-29)7-8-36(56)39(33)48(13-14-48)44-52-45(62)65-54-44/h7-10,16-17,19-20,23-25,28-29H,11-15,18,21-22H2,1-6H3,(H,52,54,62)/t28-,29+/m0/s1. The van der Waals surface area contributed by atoms with Crippen molar-refractivity contribution in [3.05, 3.63) is 145 Å². The number of aromatic amines is 1. The van der Waals surface area contributed by atoms with Crippen LogP contribution in [0.4, 0.5) is 8.78 Å². The average molecular weight is 883 g/mol. The largest absolute Gasteiger partial charge is 0.438 e. The highest BCUT2D eigenvalue weighted by Crippen LogP contribution is 2.55. The molecule has 1 aliphatic carbocycles. The molecule has 1 amide bonds. The van der Waals surface area contributed by atoms with Gasteiger partial charge >= 0.3 is 11.4 Å². The summed E-state index contributed by atoms with van der Waals surface area (Å²) in [5.41, 5.74) is 4.92. The number of ether oxygens (including phenoxy) is 1. The summed E-state index contributed by atoms with van der Waals surface area (Å²) in [7, 11) is 1.72. The first-order valence-electron chi connectivity index (χ1n) is 22.1. The molecule has 3 aliphatic rings. The van der Waals surface area contributed by atoms with Crippen LogP contribution in [-0.2, 0) is 30.0 Å². The van der Waals surface area contributed by atoms with Gasteiger partial charge in [0.25, 0.3) is 5.91 Å². The van der Waals surface area contributed by atoms with Gasteiger partial charge in [-0.2, -0.15) is 10.2 Å². The van der Waals surface area contributed by atoms with E-state index in [1.165, 1.54) is 21.5 Å². The van der Waals surface area contributed by atoms with E-state index in [0.29, 0.717) is 89.1 Å². The molecule has 334 valence electrons. The maximum Gasteiger partial charge on any atom is 0.438 e. The molecule has 8 aromatic rings. The molecule has 1 saturated carbocycles. The van der Waals surface area contributed by atoms with Gasteiger partial charge in [0.15, 0.2) is 11.6 Å². The first-order chi connectivity index (χ1) is 31.1. The third kappa shape index (κ3) is 6.44. The first kappa shape index (κ1) is 40.9. The monoisotopic (exact) mass is 882 g/mol. The summed E-state index contributed by atoms with van der Waals surface area (Å²) in [5.74, 6) is -0.679. The summed E-state index contributed by atoms with van der Waals surface area (Å²) >= 11 is 0. The molecule has 0 spiro atoms. The van der Waals surface area contributed by atoms with Gasteiger partial charge in [-0.3, -0.25) is 28.1 Å². The molecule has 2 fully saturated rings. The van der Waals surface area contributed by atoms with E-state index >= 15 is 13.6 Å². The quantitative estimate of drug-likeness (QED) is 0.169. The van der Waals surface area contributed by atoms with Gasteiger partial charge in [0, 0.05) is 62.5 Å². The Hall–Kier alpha value is -6.88. The van der Waals surface area contributed by atoms with E-state index in [2.05, 4.69) is 47.4 Å². The number of imidazole rings is 1. The van der Waals surface area contributed by atoms with Crippen LogP contribution in [0.5, 0.6) is 0 Å². The van der Waals surface area contributed by atoms with Gasteiger partial charge in [-0.25, -0.2) is 23.1 Å². The third-order valence-corrected chi connectivity index (χ3v) is 14.0. The molecule has 11 rings (SSSR count). The molecule has 65 heavy (non-hydrogen) atoms. The van der Waals surface area contributed by atoms with Gasteiger partial charge in [-0.1, -0.05) is 11.2 Å². The normalized spacial score (nSPS) is 19.0. The van der Waals surface area contributed by atoms with Gasteiger partial charge in [0.1, 0.15) is 11.6 Å². The summed E-state index contributed by atoms with van der Waals surface area (Å²) in [6.45, 7) is 10.5. The van der Waals surface area contributed by atoms with Gasteiger partial charge in [0.2, 0.25) is 0 Å². The number of pyridine rings is 1. The molecule has 6 aromatic heterocycles. The predicted octanol–water partition coefficient (Wildman–Crippen LogP) is 7.11. The molecule has 0 unspecified atom stereocenters. The van der Waals surface area contributed by atoms with Crippen molar-refractivity contribution in [3.8, 4) is 17.2 Å². The van der Waals surface area contributed by atoms with Crippen molar-refractivity contribution in [2.75, 3.05) is 13.2 Å². The lowest BCUT2D eigenvalue weighted by molar-refractivity contribution is -0.0721. The van der Waals surface area contributed by atoms with Crippen molar-refractivity contribution in [1.82, 2.24) is 48.1 Å². The summed E-state index contributed by atoms with van der Waals surface area (Å²) in [4.78, 5) is 47.0. The molecular formula is C48H48F2N10O5. The fourth-order valence-corrected chi connectivity index (χ4v) is 10.7. The molecule has 0 radical (unpaired) electrons. The van der Waals surface area contributed by atoms with Crippen LogP contribution in [0.25, 0.3) is 33.6 Å². The number of hydrogen-bond donors (Lipinski definition) is 1. The van der Waals surface area contributed by atoms with E-state index in [-0.39, 0.29) is 28.4 Å². The zero-order valence-electron chi connectivity index (χ0n) is 37.0. The minimum atomic E-state index is -0.749. The molecular weight excluding hydrogens is 835 g/mol. The van der Waals surface area contributed by atoms with E-state index in [1.54, 1.807) is 65.6 Å². The molecule has 2 atom stereocenters. The van der Waals surface area contributed by atoms with Crippen molar-refractivity contribution in [2.24, 2.45) is 13.0 Å². The predicted molar refractivity (Wildman–Crippen MR) is 236 cm³/mol. The van der Waals surface area contributed by atoms with Crippen molar-refractivity contribution < 1.29 is 22.8 Å². The van der Waals surface area contributed by atoms with E-state index in [9.17, 15) is 9.59 Å². The van der Waals surface area contributed by atoms with Crippen molar-refractivity contribution >= 4 is 22.3 Å². The van der Waals surface area contributed by atoms with Crippen molar-refractivity contribution in [1.29, 1.82) is 0 Å². The SMILES string of the molecule is Cc1cc(-n2nc3c(c2-n2ccn(-c4ccc5c(cnn5C)c4F)c2=O)[C@H](C)N(C(=O)c2cn4cc(C[C@H]5CCOC(C)(C)C5)ccc4c2C2(c4noc(=O)[nH]4)CC2)CC3)cc(C)c1F. The second-order valence-corrected chi connectivity index (χ2v) is 18.8. The molecule has 1 saturated heterocycles. The van der Waals surface area contributed by atoms with Gasteiger partial charge in [-0.15, -0.1) is 0 Å². The highest BCUT2D eigenvalue weighted by Gasteiger charge is 2.53. The number of aromatic nitrogens is 9. The number of amides is 1. The second kappa shape index (κ2) is 14.6. The lowest BCUT2D eigenvalue weighted by Gasteiger charge is -2.35. The smallest absolute Gasteiger partial charge is 0.376 e. The van der Waals surface area contributed by atoms with E-state index in [0.717, 1.165) is 35.9 Å². The summed E-state index contributed by atoms with van der Waals surface area (Å²) in [6.07, 6.45) is 12.9. The number of nitrogens with zero attached hydrogens (tertiary/aromatic N) is 9. The fourth-order valence-electron chi connectivity index (χ4n) is 10.7. The summed E-state index contributed by atoms with van der Waals surface area (Å²) in [6, 6.07) is 10.2. The Morgan fingerprint density at radius 3 is 2.46 bits per heavy atom. The average Bonchev–Trinajstić information content (AvgIpc) is 3.72. The Bertz CT molecular complexity index is 3350. The number of benzene rings is 2. The fraction of sp³-hybridized carbons (Fsp3) is 0.375. The number of H-pyrrole nitrogens is 1. The summed E-state index contributed by atoms with van der Waals surface area (Å²) in [5, 5.41) is 13.7. The third-order valence-electron chi connectivity index (χ3n) is 14.0. The van der Waals surface area contributed by atoms with Crippen LogP contribution in [0.15, 0.2) is 81.5 Å². The maximum atomic E-state index is 16.1. The Kier molecular flexibility index (Phi) is 9.16. The highest BCUT2D eigenvalue weighted by atomic mass is 19.1. The van der Waals surface area contributed by atoms with Crippen LogP contribution >= 0.6 is 0 Å². The second-order valence-electron chi connectivity index (χ2n) is 18.8. The molecule has 2 aromatic carbocycles. The van der Waals surface area contributed by atoms with Crippen LogP contribution in [0, 0.1) is 31.4 Å². The Labute approximate surface area is 370 Å². The van der Waals surface area contributed by atoms with Crippen molar-refractivity contribution in [2.45, 2.75) is 90.2 Å². The van der Waals surface area contributed by atoms with E-state index < -0.39 is 28.7 Å². The molecule has 2 aliphatic heterocycles. The number of hydrogen-bond acceptors (Lipinski definition) is 8. The van der Waals surface area contributed by atoms with Crippen LogP contribution in [0.2, 0.25) is 0 Å². The Balaban J connectivity index is 1.03. The van der Waals surface area contributed by atoms with E-state index in [1.807, 2.05) is 17.5 Å². The number of carbonyl (C=O) groups excluding carboxylic acids is 1. The number of nitrogens with one attached hydrogen (secondary N) is 1. The number of halogens is 2. The zero-order valence-corrected chi connectivity index (χ0v) is 37.0. The number of rotatable bonds is 8. The molecule has 1 N–H and O–H groups in total. The minimum absolute atomic E-state index is 0.0445. The van der Waals surface area contributed by atoms with Crippen LogP contribution < -0.4 is 11.4 Å². The highest BCUT2D eigenvalue weighted by molar-refractivity contribution is 5.99. The summed E-state index contributed by atoms with van der Waals surface area (Å²) < 4.78 is 50.1. The molecule has 8 heterocycles. The molecule has 15 nitrogen and oxygen atoms in total. The molecule has 0 bridgehead atoms. The Morgan fingerprint density at radius 2 is 1.74 bits per heavy atom. The first-order valence-corrected chi connectivity index (χ1v) is 22.1. The minimum Gasteiger partial charge on any atom is -0.376 e. The topological polar surface area (TPSA) is 155 Å². The number of aryl methyl sites for hydroxylation is 3. The van der Waals surface area contributed by atoms with Gasteiger partial charge in [0.05, 0.1) is 62.3 Å². The van der Waals surface area contributed by atoms with Crippen LogP contribution in [0.3, 0.4) is 0 Å². The number of carbonyl (C=O) groups is 1. The lowest BCUT2D eigenvalue weighted by Crippen LogP contribution is -2.40. The molecule has 17 heteroatoms. The van der Waals surface area contributed by atoms with Crippen LogP contribution in [-0.4, -0.2) is 72.8 Å². The number of fused-ring (bicyclic) bond motifs is 3. The van der Waals surface area contributed by atoms with Crippen LogP contribution in [0.1, 0.15) is 102 Å². The maximum absolute atomic E-state index is 16.1. The van der Waals surface area contributed by atoms with E-state index in [4.69, 9.17) is 14.4 Å². The van der Waals surface area contributed by atoms with Crippen molar-refractivity contribution in [3.63, 3.8) is 0 Å². The van der Waals surface area contributed by atoms with Gasteiger partial charge < -0.3 is 14.0 Å². The Morgan fingerprint density at radius 1 is 0.985 bits per heavy atom. The zero-order chi connectivity index (χ0) is 45.3. The lowest BCUT2D eigenvalue weighted by atomic mass is 9.84. The van der Waals surface area contributed by atoms with Gasteiger partial charge in [-0.05, 0) is 120 Å².